The maximum Gasteiger partial charge on any atom is 0.303 e. The van der Waals surface area contributed by atoms with Gasteiger partial charge in [-0.2, -0.15) is 0 Å². The van der Waals surface area contributed by atoms with Crippen LogP contribution in [0.5, 0.6) is 5.75 Å². The van der Waals surface area contributed by atoms with E-state index in [9.17, 15) is 4.79 Å². The molecule has 96 valence electrons. The highest BCUT2D eigenvalue weighted by Crippen LogP contribution is 2.31. The molecule has 1 aromatic carbocycles. The van der Waals surface area contributed by atoms with Gasteiger partial charge in [-0.1, -0.05) is 6.92 Å². The number of methoxy groups -OCH3 is 1. The van der Waals surface area contributed by atoms with E-state index >= 15 is 0 Å². The number of benzene rings is 1. The third kappa shape index (κ3) is 2.18. The molecule has 0 aliphatic rings. The molecule has 0 aliphatic heterocycles. The van der Waals surface area contributed by atoms with Crippen LogP contribution < -0.4 is 4.74 Å². The van der Waals surface area contributed by atoms with E-state index in [1.807, 2.05) is 42.9 Å². The Labute approximate surface area is 106 Å². The summed E-state index contributed by atoms with van der Waals surface area (Å²) in [5.74, 6) is -0.00168. The molecule has 0 saturated heterocycles. The van der Waals surface area contributed by atoms with Gasteiger partial charge in [-0.15, -0.1) is 0 Å². The number of hydrogen-bond donors (Lipinski definition) is 1. The first-order chi connectivity index (χ1) is 8.52. The number of aromatic nitrogens is 1. The van der Waals surface area contributed by atoms with Crippen molar-refractivity contribution in [2.24, 2.45) is 7.05 Å². The Morgan fingerprint density at radius 2 is 2.22 bits per heavy atom. The molecule has 1 aromatic heterocycles. The molecule has 0 saturated carbocycles. The van der Waals surface area contributed by atoms with Gasteiger partial charge in [0.15, 0.2) is 0 Å². The summed E-state index contributed by atoms with van der Waals surface area (Å²) in [6.45, 7) is 1.93. The fourth-order valence-corrected chi connectivity index (χ4v) is 2.29. The fraction of sp³-hybridized carbons (Fsp3) is 0.357. The Hall–Kier alpha value is -1.97. The van der Waals surface area contributed by atoms with E-state index in [0.29, 0.717) is 0 Å². The number of ether oxygens (including phenoxy) is 1. The maximum absolute atomic E-state index is 10.8. The average Bonchev–Trinajstić information content (AvgIpc) is 2.65. The first kappa shape index (κ1) is 12.5. The predicted octanol–water partition coefficient (Wildman–Crippen LogP) is 2.77. The molecule has 0 amide bonds. The Kier molecular flexibility index (Phi) is 3.28. The van der Waals surface area contributed by atoms with E-state index in [2.05, 4.69) is 0 Å². The van der Waals surface area contributed by atoms with Crippen LogP contribution >= 0.6 is 0 Å². The molecule has 2 aromatic rings. The van der Waals surface area contributed by atoms with E-state index in [4.69, 9.17) is 9.84 Å². The molecule has 0 aliphatic carbocycles. The minimum Gasteiger partial charge on any atom is -0.497 e. The standard InChI is InChI=1S/C14H17NO3/c1-9(6-14(16)17)12-8-15(2)13-5-4-10(18-3)7-11(12)13/h4-5,7-9H,6H2,1-3H3,(H,16,17). The smallest absolute Gasteiger partial charge is 0.303 e. The molecule has 0 spiro atoms. The summed E-state index contributed by atoms with van der Waals surface area (Å²) in [6.07, 6.45) is 2.13. The van der Waals surface area contributed by atoms with Crippen molar-refractivity contribution in [3.63, 3.8) is 0 Å². The van der Waals surface area contributed by atoms with E-state index in [1.165, 1.54) is 0 Å². The first-order valence-electron chi connectivity index (χ1n) is 5.87. The number of nitrogens with zero attached hydrogens (tertiary/aromatic N) is 1. The van der Waals surface area contributed by atoms with E-state index in [1.54, 1.807) is 7.11 Å². The van der Waals surface area contributed by atoms with Crippen molar-refractivity contribution in [3.05, 3.63) is 30.0 Å². The molecule has 4 heteroatoms. The van der Waals surface area contributed by atoms with Crippen molar-refractivity contribution in [1.29, 1.82) is 0 Å². The molecule has 0 radical (unpaired) electrons. The number of rotatable bonds is 4. The van der Waals surface area contributed by atoms with Gasteiger partial charge in [0.2, 0.25) is 0 Å². The summed E-state index contributed by atoms with van der Waals surface area (Å²) >= 11 is 0. The molecule has 1 N–H and O–H groups in total. The average molecular weight is 247 g/mol. The van der Waals surface area contributed by atoms with Crippen LogP contribution in [0.25, 0.3) is 10.9 Å². The third-order valence-electron chi connectivity index (χ3n) is 3.24. The number of aryl methyl sites for hydroxylation is 1. The zero-order valence-corrected chi connectivity index (χ0v) is 10.8. The molecule has 1 atom stereocenters. The van der Waals surface area contributed by atoms with Crippen LogP contribution in [-0.4, -0.2) is 22.8 Å². The molecular formula is C14H17NO3. The third-order valence-corrected chi connectivity index (χ3v) is 3.24. The number of hydrogen-bond acceptors (Lipinski definition) is 2. The van der Waals surface area contributed by atoms with Gasteiger partial charge < -0.3 is 14.4 Å². The Bertz CT molecular complexity index is 586. The van der Waals surface area contributed by atoms with E-state index in [-0.39, 0.29) is 12.3 Å². The molecule has 0 fully saturated rings. The van der Waals surface area contributed by atoms with Gasteiger partial charge in [-0.25, -0.2) is 0 Å². The summed E-state index contributed by atoms with van der Waals surface area (Å²) in [6, 6.07) is 5.86. The molecule has 0 bridgehead atoms. The lowest BCUT2D eigenvalue weighted by Crippen LogP contribution is -2.02. The lowest BCUT2D eigenvalue weighted by molar-refractivity contribution is -0.137. The topological polar surface area (TPSA) is 51.5 Å². The number of carboxylic acid groups (broad SMARTS) is 1. The summed E-state index contributed by atoms with van der Waals surface area (Å²) in [5.41, 5.74) is 2.14. The highest BCUT2D eigenvalue weighted by molar-refractivity contribution is 5.86. The van der Waals surface area contributed by atoms with Crippen LogP contribution in [0.3, 0.4) is 0 Å². The van der Waals surface area contributed by atoms with Crippen LogP contribution in [0.1, 0.15) is 24.8 Å². The lowest BCUT2D eigenvalue weighted by Gasteiger charge is -2.07. The van der Waals surface area contributed by atoms with Gasteiger partial charge in [-0.3, -0.25) is 4.79 Å². The monoisotopic (exact) mass is 247 g/mol. The molecule has 18 heavy (non-hydrogen) atoms. The van der Waals surface area contributed by atoms with Crippen molar-refractivity contribution in [1.82, 2.24) is 4.57 Å². The minimum absolute atomic E-state index is 0.0155. The SMILES string of the molecule is COc1ccc2c(c1)c(C(C)CC(=O)O)cn2C. The lowest BCUT2D eigenvalue weighted by atomic mass is 9.97. The van der Waals surface area contributed by atoms with Crippen LogP contribution in [0.15, 0.2) is 24.4 Å². The highest BCUT2D eigenvalue weighted by Gasteiger charge is 2.16. The van der Waals surface area contributed by atoms with Gasteiger partial charge in [0.25, 0.3) is 0 Å². The first-order valence-corrected chi connectivity index (χ1v) is 5.87. The Morgan fingerprint density at radius 3 is 2.83 bits per heavy atom. The van der Waals surface area contributed by atoms with Gasteiger partial charge >= 0.3 is 5.97 Å². The van der Waals surface area contributed by atoms with Crippen LogP contribution in [0, 0.1) is 0 Å². The van der Waals surface area contributed by atoms with Gasteiger partial charge in [-0.05, 0) is 29.7 Å². The van der Waals surface area contributed by atoms with Crippen molar-refractivity contribution in [2.75, 3.05) is 7.11 Å². The zero-order valence-electron chi connectivity index (χ0n) is 10.8. The van der Waals surface area contributed by atoms with E-state index < -0.39 is 5.97 Å². The summed E-state index contributed by atoms with van der Waals surface area (Å²) in [5, 5.41) is 9.95. The zero-order chi connectivity index (χ0) is 13.3. The summed E-state index contributed by atoms with van der Waals surface area (Å²) < 4.78 is 7.24. The fourth-order valence-electron chi connectivity index (χ4n) is 2.29. The molecule has 4 nitrogen and oxygen atoms in total. The van der Waals surface area contributed by atoms with Crippen molar-refractivity contribution >= 4 is 16.9 Å². The predicted molar refractivity (Wildman–Crippen MR) is 70.1 cm³/mol. The second-order valence-corrected chi connectivity index (χ2v) is 4.58. The quantitative estimate of drug-likeness (QED) is 0.903. The minimum atomic E-state index is -0.776. The van der Waals surface area contributed by atoms with Crippen molar-refractivity contribution < 1.29 is 14.6 Å². The van der Waals surface area contributed by atoms with Crippen molar-refractivity contribution in [3.8, 4) is 5.75 Å². The Morgan fingerprint density at radius 1 is 1.50 bits per heavy atom. The van der Waals surface area contributed by atoms with Crippen LogP contribution in [0.4, 0.5) is 0 Å². The van der Waals surface area contributed by atoms with Gasteiger partial charge in [0, 0.05) is 24.1 Å². The normalized spacial score (nSPS) is 12.6. The number of carboxylic acids is 1. The van der Waals surface area contributed by atoms with Crippen molar-refractivity contribution in [2.45, 2.75) is 19.3 Å². The maximum atomic E-state index is 10.8. The van der Waals surface area contributed by atoms with E-state index in [0.717, 1.165) is 22.2 Å². The largest absolute Gasteiger partial charge is 0.497 e. The molecule has 2 rings (SSSR count). The molecule has 1 heterocycles. The van der Waals surface area contributed by atoms with Crippen LogP contribution in [-0.2, 0) is 11.8 Å². The number of carbonyl (C=O) groups is 1. The number of aliphatic carboxylic acids is 1. The van der Waals surface area contributed by atoms with Gasteiger partial charge in [0.05, 0.1) is 13.5 Å². The number of fused-ring (bicyclic) bond motifs is 1. The van der Waals surface area contributed by atoms with Crippen LogP contribution in [0.2, 0.25) is 0 Å². The molecular weight excluding hydrogens is 230 g/mol. The summed E-state index contributed by atoms with van der Waals surface area (Å²) in [4.78, 5) is 10.8. The second kappa shape index (κ2) is 4.72. The summed E-state index contributed by atoms with van der Waals surface area (Å²) in [7, 11) is 3.59. The molecule has 1 unspecified atom stereocenters. The Balaban J connectivity index is 2.52. The highest BCUT2D eigenvalue weighted by atomic mass is 16.5. The second-order valence-electron chi connectivity index (χ2n) is 4.58. The van der Waals surface area contributed by atoms with Gasteiger partial charge in [0.1, 0.15) is 5.75 Å².